The van der Waals surface area contributed by atoms with E-state index >= 15 is 0 Å². The van der Waals surface area contributed by atoms with Crippen molar-refractivity contribution in [1.82, 2.24) is 4.90 Å². The first-order chi connectivity index (χ1) is 22.5. The van der Waals surface area contributed by atoms with Gasteiger partial charge in [-0.2, -0.15) is 5.10 Å². The maximum absolute atomic E-state index is 13.6. The summed E-state index contributed by atoms with van der Waals surface area (Å²) in [6.45, 7) is -0.195. The molecular weight excluding hydrogens is 708 g/mol. The van der Waals surface area contributed by atoms with Crippen molar-refractivity contribution < 1.29 is 27.2 Å². The fraction of sp³-hybridized carbons (Fsp3) is 0.125. The lowest BCUT2D eigenvalue weighted by molar-refractivity contribution is -0.122. The fourth-order valence-corrected chi connectivity index (χ4v) is 6.08. The molecule has 1 aromatic heterocycles. The molecule has 3 aromatic carbocycles. The van der Waals surface area contributed by atoms with Crippen molar-refractivity contribution in [2.24, 2.45) is 15.3 Å². The van der Waals surface area contributed by atoms with Crippen molar-refractivity contribution >= 4 is 78.4 Å². The number of benzene rings is 3. The minimum atomic E-state index is -3.85. The Kier molecular flexibility index (Phi) is 10.6. The first-order valence-electron chi connectivity index (χ1n) is 13.9. The standard InChI is InChI=1S/C32H29BrN6O6S2/c1-38(2)25-10-5-21(6-11-25)18-35-37-32-39(19-26-4-3-15-44-26)31(41)29(46-32)17-22-16-23(33)7-14-28(22)45-20-30(40)36-24-8-12-27(13-9-24)47(34,42)43/h3-18H,19-20H2,1-2H3,(H,36,40)(H2,34,42,43)/b29-17-,35-18+,37-32-. The van der Waals surface area contributed by atoms with E-state index in [0.717, 1.165) is 27.5 Å². The number of hydrogen-bond acceptors (Lipinski definition) is 10. The molecule has 0 bridgehead atoms. The summed E-state index contributed by atoms with van der Waals surface area (Å²) < 4.78 is 35.0. The number of carbonyl (C=O) groups excluding carboxylic acids is 2. The van der Waals surface area contributed by atoms with E-state index in [1.54, 1.807) is 42.6 Å². The predicted octanol–water partition coefficient (Wildman–Crippen LogP) is 5.28. The third-order valence-electron chi connectivity index (χ3n) is 6.63. The van der Waals surface area contributed by atoms with Gasteiger partial charge in [0.25, 0.3) is 11.8 Å². The highest BCUT2D eigenvalue weighted by Gasteiger charge is 2.34. The number of furan rings is 1. The van der Waals surface area contributed by atoms with Crippen molar-refractivity contribution in [1.29, 1.82) is 0 Å². The van der Waals surface area contributed by atoms with Gasteiger partial charge >= 0.3 is 0 Å². The molecule has 0 spiro atoms. The molecule has 0 atom stereocenters. The monoisotopic (exact) mass is 736 g/mol. The predicted molar refractivity (Wildman–Crippen MR) is 187 cm³/mol. The molecule has 0 unspecified atom stereocenters. The molecule has 0 radical (unpaired) electrons. The molecule has 1 fully saturated rings. The zero-order valence-corrected chi connectivity index (χ0v) is 28.4. The van der Waals surface area contributed by atoms with Crippen molar-refractivity contribution in [2.45, 2.75) is 11.4 Å². The number of halogens is 1. The van der Waals surface area contributed by atoms with Crippen LogP contribution in [0.2, 0.25) is 0 Å². The number of primary sulfonamides is 1. The van der Waals surface area contributed by atoms with Crippen LogP contribution in [0, 0.1) is 0 Å². The molecule has 1 saturated heterocycles. The van der Waals surface area contributed by atoms with Crippen LogP contribution in [0.5, 0.6) is 5.75 Å². The van der Waals surface area contributed by atoms with Crippen LogP contribution in [0.4, 0.5) is 11.4 Å². The number of nitrogens with two attached hydrogens (primary N) is 1. The Hall–Kier alpha value is -4.70. The number of nitrogens with one attached hydrogen (secondary N) is 1. The van der Waals surface area contributed by atoms with Crippen LogP contribution in [0.1, 0.15) is 16.9 Å². The summed E-state index contributed by atoms with van der Waals surface area (Å²) in [6.07, 6.45) is 4.81. The minimum absolute atomic E-state index is 0.0729. The second-order valence-electron chi connectivity index (χ2n) is 10.3. The minimum Gasteiger partial charge on any atom is -0.483 e. The summed E-state index contributed by atoms with van der Waals surface area (Å²) in [7, 11) is 0.0745. The molecule has 4 aromatic rings. The van der Waals surface area contributed by atoms with E-state index in [4.69, 9.17) is 14.3 Å². The first kappa shape index (κ1) is 33.7. The van der Waals surface area contributed by atoms with Gasteiger partial charge < -0.3 is 19.4 Å². The van der Waals surface area contributed by atoms with Gasteiger partial charge in [0.15, 0.2) is 11.8 Å². The van der Waals surface area contributed by atoms with Crippen molar-refractivity contribution in [3.05, 3.63) is 111 Å². The topological polar surface area (TPSA) is 160 Å². The van der Waals surface area contributed by atoms with E-state index in [1.807, 2.05) is 43.3 Å². The average molecular weight is 738 g/mol. The lowest BCUT2D eigenvalue weighted by Crippen LogP contribution is -2.28. The molecule has 0 aliphatic carbocycles. The number of thioether (sulfide) groups is 1. The highest BCUT2D eigenvalue weighted by molar-refractivity contribution is 9.10. The molecule has 2 amide bonds. The number of ether oxygens (including phenoxy) is 1. The van der Waals surface area contributed by atoms with Gasteiger partial charge in [-0.25, -0.2) is 13.6 Å². The molecule has 1 aliphatic rings. The summed E-state index contributed by atoms with van der Waals surface area (Å²) in [5.41, 5.74) is 2.82. The molecule has 1 aliphatic heterocycles. The van der Waals surface area contributed by atoms with Gasteiger partial charge in [-0.05, 0) is 90.1 Å². The van der Waals surface area contributed by atoms with Crippen LogP contribution < -0.4 is 20.1 Å². The van der Waals surface area contributed by atoms with E-state index in [0.29, 0.717) is 32.8 Å². The van der Waals surface area contributed by atoms with Crippen LogP contribution in [-0.4, -0.2) is 57.2 Å². The Balaban J connectivity index is 1.33. The normalized spacial score (nSPS) is 15.1. The number of rotatable bonds is 11. The quantitative estimate of drug-likeness (QED) is 0.120. The summed E-state index contributed by atoms with van der Waals surface area (Å²) in [4.78, 5) is 30.0. The van der Waals surface area contributed by atoms with Gasteiger partial charge in [0, 0.05) is 35.5 Å². The number of amidine groups is 1. The van der Waals surface area contributed by atoms with Crippen molar-refractivity contribution in [3.63, 3.8) is 0 Å². The van der Waals surface area contributed by atoms with Crippen LogP contribution in [0.3, 0.4) is 0 Å². The van der Waals surface area contributed by atoms with Crippen LogP contribution in [0.25, 0.3) is 6.08 Å². The van der Waals surface area contributed by atoms with Crippen LogP contribution >= 0.6 is 27.7 Å². The Morgan fingerprint density at radius 1 is 1.11 bits per heavy atom. The molecule has 15 heteroatoms. The Morgan fingerprint density at radius 3 is 2.51 bits per heavy atom. The maximum Gasteiger partial charge on any atom is 0.267 e. The molecule has 2 heterocycles. The summed E-state index contributed by atoms with van der Waals surface area (Å²) >= 11 is 4.61. The SMILES string of the molecule is CN(C)c1ccc(/C=N/N=C2\S/C(=C\c3cc(Br)ccc3OCC(=O)Nc3ccc(S(N)(=O)=O)cc3)C(=O)N2Cc2ccco2)cc1. The summed E-state index contributed by atoms with van der Waals surface area (Å²) in [6, 6.07) is 21.9. The van der Waals surface area contributed by atoms with Gasteiger partial charge in [-0.15, -0.1) is 5.10 Å². The lowest BCUT2D eigenvalue weighted by atomic mass is 10.2. The highest BCUT2D eigenvalue weighted by atomic mass is 79.9. The second kappa shape index (κ2) is 14.8. The number of amides is 2. The third kappa shape index (κ3) is 8.98. The van der Waals surface area contributed by atoms with E-state index in [9.17, 15) is 18.0 Å². The first-order valence-corrected chi connectivity index (χ1v) is 17.1. The van der Waals surface area contributed by atoms with Gasteiger partial charge in [0.2, 0.25) is 10.0 Å². The average Bonchev–Trinajstić information content (AvgIpc) is 3.65. The number of carbonyl (C=O) groups is 2. The lowest BCUT2D eigenvalue weighted by Gasteiger charge is -2.13. The molecule has 242 valence electrons. The smallest absolute Gasteiger partial charge is 0.267 e. The Labute approximate surface area is 284 Å². The largest absolute Gasteiger partial charge is 0.483 e. The molecule has 5 rings (SSSR count). The maximum atomic E-state index is 13.6. The van der Waals surface area contributed by atoms with E-state index < -0.39 is 15.9 Å². The van der Waals surface area contributed by atoms with Gasteiger partial charge in [0.1, 0.15) is 11.5 Å². The molecule has 12 nitrogen and oxygen atoms in total. The third-order valence-corrected chi connectivity index (χ3v) is 9.04. The fourth-order valence-electron chi connectivity index (χ4n) is 4.26. The van der Waals surface area contributed by atoms with Gasteiger partial charge in [-0.1, -0.05) is 28.1 Å². The molecule has 47 heavy (non-hydrogen) atoms. The summed E-state index contributed by atoms with van der Waals surface area (Å²) in [5.74, 6) is 0.153. The molecule has 3 N–H and O–H groups in total. The van der Waals surface area contributed by atoms with Crippen molar-refractivity contribution in [2.75, 3.05) is 30.9 Å². The molecule has 0 saturated carbocycles. The highest BCUT2D eigenvalue weighted by Crippen LogP contribution is 2.36. The zero-order chi connectivity index (χ0) is 33.6. The summed E-state index contributed by atoms with van der Waals surface area (Å²) in [5, 5.41) is 16.8. The number of sulfonamides is 1. The Morgan fingerprint density at radius 2 is 1.85 bits per heavy atom. The number of nitrogens with zero attached hydrogens (tertiary/aromatic N) is 4. The Bertz CT molecular complexity index is 1960. The number of hydrogen-bond donors (Lipinski definition) is 2. The molecular formula is C32H29BrN6O6S2. The van der Waals surface area contributed by atoms with E-state index in [1.165, 1.54) is 35.4 Å². The van der Waals surface area contributed by atoms with Crippen molar-refractivity contribution in [3.8, 4) is 5.75 Å². The second-order valence-corrected chi connectivity index (χ2v) is 13.8. The number of anilines is 2. The van der Waals surface area contributed by atoms with E-state index in [-0.39, 0.29) is 24.0 Å². The zero-order valence-electron chi connectivity index (χ0n) is 25.2. The van der Waals surface area contributed by atoms with Gasteiger partial charge in [-0.3, -0.25) is 14.5 Å². The van der Waals surface area contributed by atoms with Crippen LogP contribution in [-0.2, 0) is 26.2 Å². The van der Waals surface area contributed by atoms with E-state index in [2.05, 4.69) is 31.4 Å². The van der Waals surface area contributed by atoms with Gasteiger partial charge in [0.05, 0.1) is 28.8 Å². The van der Waals surface area contributed by atoms with Crippen LogP contribution in [0.15, 0.2) is 114 Å².